The van der Waals surface area contributed by atoms with Crippen molar-refractivity contribution in [3.05, 3.63) is 24.3 Å². The first-order valence-corrected chi connectivity index (χ1v) is 3.12. The third-order valence-corrected chi connectivity index (χ3v) is 1.35. The first-order chi connectivity index (χ1) is 4.88. The van der Waals surface area contributed by atoms with Crippen LogP contribution in [0.25, 0.3) is 0 Å². The molecule has 0 aliphatic heterocycles. The molecule has 0 spiro atoms. The second-order valence-corrected chi connectivity index (χ2v) is 1.94. The van der Waals surface area contributed by atoms with E-state index in [1.165, 1.54) is 0 Å². The van der Waals surface area contributed by atoms with Crippen LogP contribution < -0.4 is 16.6 Å². The van der Waals surface area contributed by atoms with Gasteiger partial charge in [0.05, 0.1) is 11.4 Å². The zero-order chi connectivity index (χ0) is 7.40. The van der Waals surface area contributed by atoms with Crippen LogP contribution >= 0.6 is 0 Å². The van der Waals surface area contributed by atoms with Crippen molar-refractivity contribution in [1.82, 2.24) is 0 Å². The van der Waals surface area contributed by atoms with E-state index in [9.17, 15) is 0 Å². The third-order valence-electron chi connectivity index (χ3n) is 1.35. The van der Waals surface area contributed by atoms with Gasteiger partial charge in [-0.2, -0.15) is 0 Å². The van der Waals surface area contributed by atoms with E-state index in [-0.39, 0.29) is 0 Å². The number of para-hydroxylation sites is 2. The molecule has 0 fully saturated rings. The van der Waals surface area contributed by atoms with E-state index in [2.05, 4.69) is 10.7 Å². The second-order valence-electron chi connectivity index (χ2n) is 1.94. The number of hydrogen-bond acceptors (Lipinski definition) is 3. The molecule has 3 heteroatoms. The second kappa shape index (κ2) is 3.08. The Hall–Kier alpha value is -1.22. The summed E-state index contributed by atoms with van der Waals surface area (Å²) in [4.78, 5) is 0. The van der Waals surface area contributed by atoms with E-state index in [1.54, 1.807) is 0 Å². The monoisotopic (exact) mass is 137 g/mol. The van der Waals surface area contributed by atoms with Crippen LogP contribution in [0.3, 0.4) is 0 Å². The number of nitrogens with one attached hydrogen (secondary N) is 2. The SMILES string of the molecule is CNc1ccccc1NN. The summed E-state index contributed by atoms with van der Waals surface area (Å²) in [5.74, 6) is 5.24. The van der Waals surface area contributed by atoms with E-state index in [1.807, 2.05) is 31.3 Å². The van der Waals surface area contributed by atoms with Crippen molar-refractivity contribution in [2.45, 2.75) is 0 Å². The van der Waals surface area contributed by atoms with Crippen molar-refractivity contribution in [2.75, 3.05) is 17.8 Å². The number of benzene rings is 1. The quantitative estimate of drug-likeness (QED) is 0.421. The first-order valence-electron chi connectivity index (χ1n) is 3.12. The Bertz CT molecular complexity index is 187. The van der Waals surface area contributed by atoms with Gasteiger partial charge in [0.25, 0.3) is 0 Å². The van der Waals surface area contributed by atoms with Crippen molar-refractivity contribution in [1.29, 1.82) is 0 Å². The minimum Gasteiger partial charge on any atom is -0.386 e. The summed E-state index contributed by atoms with van der Waals surface area (Å²) in [7, 11) is 1.86. The van der Waals surface area contributed by atoms with Gasteiger partial charge in [-0.3, -0.25) is 5.84 Å². The van der Waals surface area contributed by atoms with Crippen LogP contribution in [0.5, 0.6) is 0 Å². The molecule has 0 unspecified atom stereocenters. The molecule has 0 bridgehead atoms. The molecule has 0 saturated carbocycles. The molecule has 0 aromatic heterocycles. The summed E-state index contributed by atoms with van der Waals surface area (Å²) >= 11 is 0. The molecule has 0 radical (unpaired) electrons. The van der Waals surface area contributed by atoms with Crippen LogP contribution in [0.1, 0.15) is 0 Å². The van der Waals surface area contributed by atoms with Crippen LogP contribution in [-0.4, -0.2) is 7.05 Å². The lowest BCUT2D eigenvalue weighted by Gasteiger charge is -2.05. The van der Waals surface area contributed by atoms with Crippen LogP contribution in [0, 0.1) is 0 Å². The van der Waals surface area contributed by atoms with Gasteiger partial charge in [-0.15, -0.1) is 0 Å². The fourth-order valence-corrected chi connectivity index (χ4v) is 0.827. The molecular formula is C7H11N3. The predicted octanol–water partition coefficient (Wildman–Crippen LogP) is 1.01. The molecule has 3 nitrogen and oxygen atoms in total. The molecule has 4 N–H and O–H groups in total. The van der Waals surface area contributed by atoms with Gasteiger partial charge in [-0.25, -0.2) is 0 Å². The normalized spacial score (nSPS) is 9.00. The number of nitrogens with two attached hydrogens (primary N) is 1. The summed E-state index contributed by atoms with van der Waals surface area (Å²) in [6, 6.07) is 7.74. The average Bonchev–Trinajstić information content (AvgIpc) is 2.04. The topological polar surface area (TPSA) is 50.1 Å². The van der Waals surface area contributed by atoms with Crippen LogP contribution in [-0.2, 0) is 0 Å². The van der Waals surface area contributed by atoms with Gasteiger partial charge >= 0.3 is 0 Å². The zero-order valence-electron chi connectivity index (χ0n) is 5.89. The van der Waals surface area contributed by atoms with Crippen molar-refractivity contribution in [2.24, 2.45) is 5.84 Å². The summed E-state index contributed by atoms with van der Waals surface area (Å²) in [5, 5.41) is 3.00. The summed E-state index contributed by atoms with van der Waals surface area (Å²) in [5.41, 5.74) is 4.50. The molecule has 1 rings (SSSR count). The molecule has 0 amide bonds. The maximum absolute atomic E-state index is 5.24. The van der Waals surface area contributed by atoms with Gasteiger partial charge in [0, 0.05) is 7.05 Å². The van der Waals surface area contributed by atoms with E-state index < -0.39 is 0 Å². The Kier molecular flexibility index (Phi) is 2.12. The van der Waals surface area contributed by atoms with Crippen molar-refractivity contribution in [3.8, 4) is 0 Å². The number of hydrazine groups is 1. The Morgan fingerprint density at radius 2 is 1.80 bits per heavy atom. The van der Waals surface area contributed by atoms with E-state index in [4.69, 9.17) is 5.84 Å². The fourth-order valence-electron chi connectivity index (χ4n) is 0.827. The zero-order valence-corrected chi connectivity index (χ0v) is 5.89. The van der Waals surface area contributed by atoms with Gasteiger partial charge in [0.15, 0.2) is 0 Å². The summed E-state index contributed by atoms with van der Waals surface area (Å²) in [6.45, 7) is 0. The lowest BCUT2D eigenvalue weighted by Crippen LogP contribution is -2.08. The standard InChI is InChI=1S/C7H11N3/c1-9-6-4-2-3-5-7(6)10-8/h2-5,9-10H,8H2,1H3. The molecular weight excluding hydrogens is 126 g/mol. The lowest BCUT2D eigenvalue weighted by atomic mass is 10.3. The van der Waals surface area contributed by atoms with Gasteiger partial charge < -0.3 is 10.7 Å². The highest BCUT2D eigenvalue weighted by Crippen LogP contribution is 2.17. The van der Waals surface area contributed by atoms with Gasteiger partial charge in [-0.05, 0) is 12.1 Å². The Balaban J connectivity index is 2.96. The number of nitrogen functional groups attached to an aromatic ring is 1. The van der Waals surface area contributed by atoms with E-state index in [0.29, 0.717) is 0 Å². The smallest absolute Gasteiger partial charge is 0.0717 e. The fraction of sp³-hybridized carbons (Fsp3) is 0.143. The highest BCUT2D eigenvalue weighted by molar-refractivity contribution is 5.67. The predicted molar refractivity (Wildman–Crippen MR) is 43.8 cm³/mol. The molecule has 0 saturated heterocycles. The minimum atomic E-state index is 0.907. The summed E-state index contributed by atoms with van der Waals surface area (Å²) in [6.07, 6.45) is 0. The molecule has 0 heterocycles. The Labute approximate surface area is 60.2 Å². The Morgan fingerprint density at radius 3 is 2.20 bits per heavy atom. The third kappa shape index (κ3) is 1.19. The van der Waals surface area contributed by atoms with E-state index >= 15 is 0 Å². The highest BCUT2D eigenvalue weighted by atomic mass is 15.2. The van der Waals surface area contributed by atoms with Gasteiger partial charge in [-0.1, -0.05) is 12.1 Å². The molecule has 1 aromatic rings. The molecule has 10 heavy (non-hydrogen) atoms. The van der Waals surface area contributed by atoms with Crippen molar-refractivity contribution in [3.63, 3.8) is 0 Å². The number of hydrogen-bond donors (Lipinski definition) is 3. The maximum Gasteiger partial charge on any atom is 0.0717 e. The number of rotatable bonds is 2. The largest absolute Gasteiger partial charge is 0.386 e. The molecule has 1 aromatic carbocycles. The molecule has 0 aliphatic carbocycles. The first kappa shape index (κ1) is 6.89. The summed E-state index contributed by atoms with van der Waals surface area (Å²) < 4.78 is 0. The lowest BCUT2D eigenvalue weighted by molar-refractivity contribution is 1.34. The average molecular weight is 137 g/mol. The van der Waals surface area contributed by atoms with Crippen molar-refractivity contribution < 1.29 is 0 Å². The molecule has 0 atom stereocenters. The molecule has 0 aliphatic rings. The van der Waals surface area contributed by atoms with Crippen LogP contribution in [0.15, 0.2) is 24.3 Å². The van der Waals surface area contributed by atoms with Crippen molar-refractivity contribution >= 4 is 11.4 Å². The van der Waals surface area contributed by atoms with Gasteiger partial charge in [0.1, 0.15) is 0 Å². The molecule has 54 valence electrons. The van der Waals surface area contributed by atoms with E-state index in [0.717, 1.165) is 11.4 Å². The van der Waals surface area contributed by atoms with Crippen LogP contribution in [0.2, 0.25) is 0 Å². The maximum atomic E-state index is 5.24. The minimum absolute atomic E-state index is 0.907. The highest BCUT2D eigenvalue weighted by Gasteiger charge is 1.93. The van der Waals surface area contributed by atoms with Crippen LogP contribution in [0.4, 0.5) is 11.4 Å². The van der Waals surface area contributed by atoms with Gasteiger partial charge in [0.2, 0.25) is 0 Å². The Morgan fingerprint density at radius 1 is 1.20 bits per heavy atom. The number of anilines is 2.